The number of amides is 1. The zero-order chi connectivity index (χ0) is 16.7. The Labute approximate surface area is 142 Å². The third-order valence-electron chi connectivity index (χ3n) is 5.93. The molecule has 2 fully saturated rings. The summed E-state index contributed by atoms with van der Waals surface area (Å²) in [6, 6.07) is 5.89. The molecular formula is C19H25N3O2. The van der Waals surface area contributed by atoms with Gasteiger partial charge in [0.1, 0.15) is 5.65 Å². The van der Waals surface area contributed by atoms with Gasteiger partial charge in [0.05, 0.1) is 23.4 Å². The highest BCUT2D eigenvalue weighted by atomic mass is 16.3. The highest BCUT2D eigenvalue weighted by Gasteiger charge is 2.43. The second-order valence-electron chi connectivity index (χ2n) is 7.39. The Balaban J connectivity index is 1.51. The number of fused-ring (bicyclic) bond motifs is 2. The van der Waals surface area contributed by atoms with Gasteiger partial charge in [-0.2, -0.15) is 0 Å². The molecule has 2 aromatic rings. The molecule has 0 unspecified atom stereocenters. The fraction of sp³-hybridized carbons (Fsp3) is 0.579. The zero-order valence-electron chi connectivity index (χ0n) is 14.2. The van der Waals surface area contributed by atoms with E-state index in [1.54, 1.807) is 0 Å². The Kier molecular flexibility index (Phi) is 3.83. The molecule has 1 aliphatic heterocycles. The number of carbonyl (C=O) groups excluding carboxylic acids is 1. The summed E-state index contributed by atoms with van der Waals surface area (Å²) in [5.41, 5.74) is 2.24. The van der Waals surface area contributed by atoms with Crippen molar-refractivity contribution in [3.05, 3.63) is 35.8 Å². The van der Waals surface area contributed by atoms with Crippen LogP contribution in [0.5, 0.6) is 0 Å². The third kappa shape index (κ3) is 2.61. The van der Waals surface area contributed by atoms with Crippen LogP contribution in [-0.4, -0.2) is 44.0 Å². The number of piperidine rings is 1. The molecule has 0 radical (unpaired) electrons. The lowest BCUT2D eigenvalue weighted by atomic mass is 9.71. The average molecular weight is 327 g/mol. The van der Waals surface area contributed by atoms with Crippen molar-refractivity contribution >= 4 is 11.6 Å². The smallest absolute Gasteiger partial charge is 0.228 e. The van der Waals surface area contributed by atoms with Crippen LogP contribution < -0.4 is 0 Å². The number of carbonyl (C=O) groups is 1. The van der Waals surface area contributed by atoms with Crippen molar-refractivity contribution in [1.82, 2.24) is 14.3 Å². The largest absolute Gasteiger partial charge is 0.389 e. The lowest BCUT2D eigenvalue weighted by molar-refractivity contribution is -0.142. The molecule has 5 heteroatoms. The molecule has 24 heavy (non-hydrogen) atoms. The molecule has 1 amide bonds. The molecule has 1 N–H and O–H groups in total. The van der Waals surface area contributed by atoms with E-state index in [1.807, 2.05) is 40.6 Å². The van der Waals surface area contributed by atoms with E-state index in [1.165, 1.54) is 6.42 Å². The van der Waals surface area contributed by atoms with Crippen molar-refractivity contribution in [3.63, 3.8) is 0 Å². The molecule has 1 saturated heterocycles. The van der Waals surface area contributed by atoms with Gasteiger partial charge in [-0.25, -0.2) is 4.98 Å². The molecule has 0 spiro atoms. The molecule has 1 saturated carbocycles. The normalized spacial score (nSPS) is 27.2. The van der Waals surface area contributed by atoms with Gasteiger partial charge in [-0.05, 0) is 38.3 Å². The summed E-state index contributed by atoms with van der Waals surface area (Å²) in [5.74, 6) is 0.392. The Hall–Kier alpha value is -1.88. The zero-order valence-corrected chi connectivity index (χ0v) is 14.2. The fourth-order valence-corrected chi connectivity index (χ4v) is 4.43. The van der Waals surface area contributed by atoms with E-state index < -0.39 is 5.60 Å². The van der Waals surface area contributed by atoms with E-state index in [0.29, 0.717) is 19.5 Å². The lowest BCUT2D eigenvalue weighted by Gasteiger charge is -2.47. The number of aromatic nitrogens is 2. The molecule has 0 aromatic carbocycles. The lowest BCUT2D eigenvalue weighted by Crippen LogP contribution is -2.54. The number of rotatable bonds is 2. The number of imidazole rings is 1. The minimum atomic E-state index is -0.533. The Bertz CT molecular complexity index is 769. The van der Waals surface area contributed by atoms with E-state index in [4.69, 9.17) is 0 Å². The van der Waals surface area contributed by atoms with Gasteiger partial charge in [-0.3, -0.25) is 4.79 Å². The van der Waals surface area contributed by atoms with Crippen LogP contribution in [0.3, 0.4) is 0 Å². The minimum Gasteiger partial charge on any atom is -0.389 e. The van der Waals surface area contributed by atoms with Gasteiger partial charge >= 0.3 is 0 Å². The number of aliphatic hydroxyl groups is 1. The summed E-state index contributed by atoms with van der Waals surface area (Å²) in [5, 5.41) is 10.8. The van der Waals surface area contributed by atoms with Gasteiger partial charge in [0.15, 0.2) is 0 Å². The monoisotopic (exact) mass is 327 g/mol. The first kappa shape index (κ1) is 15.6. The van der Waals surface area contributed by atoms with Gasteiger partial charge in [0.25, 0.3) is 0 Å². The number of likely N-dealkylation sites (tertiary alicyclic amines) is 1. The van der Waals surface area contributed by atoms with Gasteiger partial charge in [-0.1, -0.05) is 18.9 Å². The maximum Gasteiger partial charge on any atom is 0.228 e. The van der Waals surface area contributed by atoms with Crippen molar-refractivity contribution in [2.45, 2.75) is 51.0 Å². The summed E-state index contributed by atoms with van der Waals surface area (Å²) < 4.78 is 2.01. The first-order valence-corrected chi connectivity index (χ1v) is 8.99. The molecule has 2 aromatic heterocycles. The standard InChI is InChI=1S/C19H25N3O2/c1-14-16(22-10-5-3-7-17(22)20-14)12-18(23)21-11-9-19(24)8-4-2-6-15(19)13-21/h3,5,7,10,15,24H,2,4,6,8-9,11-13H2,1H3/t15-,19-/m0/s1. The van der Waals surface area contributed by atoms with Crippen molar-refractivity contribution in [1.29, 1.82) is 0 Å². The van der Waals surface area contributed by atoms with E-state index in [-0.39, 0.29) is 11.8 Å². The van der Waals surface area contributed by atoms with Gasteiger partial charge in [0.2, 0.25) is 5.91 Å². The molecule has 2 aliphatic rings. The Morgan fingerprint density at radius 3 is 3.12 bits per heavy atom. The van der Waals surface area contributed by atoms with Crippen LogP contribution in [-0.2, 0) is 11.2 Å². The number of hydrogen-bond acceptors (Lipinski definition) is 3. The Morgan fingerprint density at radius 2 is 2.25 bits per heavy atom. The predicted octanol–water partition coefficient (Wildman–Crippen LogP) is 2.34. The topological polar surface area (TPSA) is 57.8 Å². The van der Waals surface area contributed by atoms with Crippen molar-refractivity contribution < 1.29 is 9.90 Å². The summed E-state index contributed by atoms with van der Waals surface area (Å²) in [6.07, 6.45) is 7.27. The molecule has 128 valence electrons. The van der Waals surface area contributed by atoms with E-state index in [9.17, 15) is 9.90 Å². The molecule has 0 bridgehead atoms. The molecule has 1 aliphatic carbocycles. The third-order valence-corrected chi connectivity index (χ3v) is 5.93. The summed E-state index contributed by atoms with van der Waals surface area (Å²) in [6.45, 7) is 3.33. The fourth-order valence-electron chi connectivity index (χ4n) is 4.43. The van der Waals surface area contributed by atoms with Gasteiger partial charge in [0, 0.05) is 25.2 Å². The molecule has 5 nitrogen and oxygen atoms in total. The van der Waals surface area contributed by atoms with Crippen LogP contribution in [0.1, 0.15) is 43.5 Å². The van der Waals surface area contributed by atoms with Crippen LogP contribution in [0.25, 0.3) is 5.65 Å². The summed E-state index contributed by atoms with van der Waals surface area (Å²) in [4.78, 5) is 19.3. The highest BCUT2D eigenvalue weighted by Crippen LogP contribution is 2.39. The highest BCUT2D eigenvalue weighted by molar-refractivity contribution is 5.79. The molecule has 3 heterocycles. The van der Waals surface area contributed by atoms with Crippen LogP contribution in [0.4, 0.5) is 0 Å². The number of aryl methyl sites for hydroxylation is 1. The quantitative estimate of drug-likeness (QED) is 0.921. The van der Waals surface area contributed by atoms with Crippen LogP contribution >= 0.6 is 0 Å². The second-order valence-corrected chi connectivity index (χ2v) is 7.39. The van der Waals surface area contributed by atoms with Gasteiger partial charge < -0.3 is 14.4 Å². The van der Waals surface area contributed by atoms with E-state index >= 15 is 0 Å². The van der Waals surface area contributed by atoms with Crippen LogP contribution in [0.2, 0.25) is 0 Å². The summed E-state index contributed by atoms with van der Waals surface area (Å²) in [7, 11) is 0. The number of nitrogens with zero attached hydrogens (tertiary/aromatic N) is 3. The first-order chi connectivity index (χ1) is 11.6. The van der Waals surface area contributed by atoms with E-state index in [0.717, 1.165) is 42.7 Å². The number of hydrogen-bond donors (Lipinski definition) is 1. The minimum absolute atomic E-state index is 0.149. The Morgan fingerprint density at radius 1 is 1.38 bits per heavy atom. The second kappa shape index (κ2) is 5.88. The SMILES string of the molecule is Cc1nc2ccccn2c1CC(=O)N1CC[C@@]2(O)CCCC[C@H]2C1. The summed E-state index contributed by atoms with van der Waals surface area (Å²) >= 11 is 0. The average Bonchev–Trinajstić information content (AvgIpc) is 2.89. The van der Waals surface area contributed by atoms with Crippen molar-refractivity contribution in [3.8, 4) is 0 Å². The van der Waals surface area contributed by atoms with Gasteiger partial charge in [-0.15, -0.1) is 0 Å². The van der Waals surface area contributed by atoms with Crippen molar-refractivity contribution in [2.24, 2.45) is 5.92 Å². The molecule has 4 rings (SSSR count). The van der Waals surface area contributed by atoms with E-state index in [2.05, 4.69) is 4.98 Å². The van der Waals surface area contributed by atoms with Crippen LogP contribution in [0, 0.1) is 12.8 Å². The number of pyridine rings is 1. The molecular weight excluding hydrogens is 302 g/mol. The first-order valence-electron chi connectivity index (χ1n) is 8.99. The van der Waals surface area contributed by atoms with Crippen LogP contribution in [0.15, 0.2) is 24.4 Å². The van der Waals surface area contributed by atoms with Crippen molar-refractivity contribution in [2.75, 3.05) is 13.1 Å². The molecule has 2 atom stereocenters. The maximum atomic E-state index is 12.8. The maximum absolute atomic E-state index is 12.8. The predicted molar refractivity (Wildman–Crippen MR) is 91.7 cm³/mol.